The molecule has 0 bridgehead atoms. The molecule has 0 atom stereocenters. The predicted octanol–water partition coefficient (Wildman–Crippen LogP) is 2.36. The molecule has 1 heterocycles. The molecule has 0 radical (unpaired) electrons. The molecular weight excluding hydrogens is 188 g/mol. The number of nitrogens with two attached hydrogens (primary N) is 1. The Balaban J connectivity index is 2.28. The number of hydrogen-bond donors (Lipinski definition) is 1. The topological polar surface area (TPSA) is 52.0 Å². The lowest BCUT2D eigenvalue weighted by molar-refractivity contribution is 0.573. The first kappa shape index (κ1) is 9.93. The van der Waals surface area contributed by atoms with Crippen LogP contribution in [0, 0.1) is 0 Å². The quantitative estimate of drug-likeness (QED) is 0.831. The molecule has 15 heavy (non-hydrogen) atoms. The summed E-state index contributed by atoms with van der Waals surface area (Å²) >= 11 is 0. The number of nitrogens with zero attached hydrogens (tertiary/aromatic N) is 1. The van der Waals surface area contributed by atoms with Crippen molar-refractivity contribution in [3.63, 3.8) is 0 Å². The van der Waals surface area contributed by atoms with Crippen LogP contribution in [0.1, 0.15) is 18.2 Å². The van der Waals surface area contributed by atoms with E-state index in [0.717, 1.165) is 23.2 Å². The fourth-order valence-electron chi connectivity index (χ4n) is 1.39. The third kappa shape index (κ3) is 2.07. The van der Waals surface area contributed by atoms with Gasteiger partial charge in [-0.15, -0.1) is 0 Å². The van der Waals surface area contributed by atoms with Crippen LogP contribution in [0.4, 0.5) is 0 Å². The lowest BCUT2D eigenvalue weighted by atomic mass is 10.1. The molecule has 0 saturated carbocycles. The van der Waals surface area contributed by atoms with Gasteiger partial charge in [-0.05, 0) is 24.1 Å². The highest BCUT2D eigenvalue weighted by Crippen LogP contribution is 2.19. The van der Waals surface area contributed by atoms with Crippen LogP contribution in [0.2, 0.25) is 0 Å². The minimum atomic E-state index is 0.562. The van der Waals surface area contributed by atoms with Crippen LogP contribution in [-0.2, 0) is 13.0 Å². The van der Waals surface area contributed by atoms with E-state index in [1.165, 1.54) is 0 Å². The lowest BCUT2D eigenvalue weighted by Gasteiger charge is -1.97. The minimum absolute atomic E-state index is 0.562. The van der Waals surface area contributed by atoms with Gasteiger partial charge >= 0.3 is 0 Å². The summed E-state index contributed by atoms with van der Waals surface area (Å²) in [6, 6.07) is 7.94. The fraction of sp³-hybridized carbons (Fsp3) is 0.250. The van der Waals surface area contributed by atoms with E-state index in [-0.39, 0.29) is 0 Å². The van der Waals surface area contributed by atoms with Crippen LogP contribution in [0.25, 0.3) is 11.5 Å². The largest absolute Gasteiger partial charge is 0.444 e. The molecule has 1 aromatic carbocycles. The van der Waals surface area contributed by atoms with Gasteiger partial charge in [-0.3, -0.25) is 0 Å². The second-order valence-electron chi connectivity index (χ2n) is 3.40. The zero-order chi connectivity index (χ0) is 10.7. The van der Waals surface area contributed by atoms with E-state index >= 15 is 0 Å². The van der Waals surface area contributed by atoms with E-state index in [1.807, 2.05) is 24.3 Å². The summed E-state index contributed by atoms with van der Waals surface area (Å²) in [4.78, 5) is 4.36. The maximum atomic E-state index is 5.53. The summed E-state index contributed by atoms with van der Waals surface area (Å²) in [5.41, 5.74) is 8.61. The van der Waals surface area contributed by atoms with Crippen LogP contribution in [0.3, 0.4) is 0 Å². The van der Waals surface area contributed by atoms with Crippen molar-refractivity contribution in [3.05, 3.63) is 41.8 Å². The smallest absolute Gasteiger partial charge is 0.226 e. The monoisotopic (exact) mass is 202 g/mol. The lowest BCUT2D eigenvalue weighted by Crippen LogP contribution is -1.95. The van der Waals surface area contributed by atoms with Crippen molar-refractivity contribution in [2.45, 2.75) is 19.9 Å². The molecule has 2 rings (SSSR count). The Morgan fingerprint density at radius 2 is 2.00 bits per heavy atom. The Kier molecular flexibility index (Phi) is 2.83. The average Bonchev–Trinajstić information content (AvgIpc) is 2.78. The van der Waals surface area contributed by atoms with Gasteiger partial charge in [-0.2, -0.15) is 0 Å². The number of aromatic nitrogens is 1. The molecule has 0 fully saturated rings. The van der Waals surface area contributed by atoms with Gasteiger partial charge < -0.3 is 10.2 Å². The first-order valence-electron chi connectivity index (χ1n) is 5.07. The maximum Gasteiger partial charge on any atom is 0.226 e. The van der Waals surface area contributed by atoms with Gasteiger partial charge in [0.05, 0.1) is 5.69 Å². The van der Waals surface area contributed by atoms with Crippen molar-refractivity contribution in [1.82, 2.24) is 4.98 Å². The molecule has 2 aromatic rings. The molecule has 0 aliphatic rings. The third-order valence-electron chi connectivity index (χ3n) is 2.35. The highest BCUT2D eigenvalue weighted by molar-refractivity contribution is 5.53. The van der Waals surface area contributed by atoms with Crippen LogP contribution in [-0.4, -0.2) is 4.98 Å². The Labute approximate surface area is 88.9 Å². The zero-order valence-electron chi connectivity index (χ0n) is 8.73. The second kappa shape index (κ2) is 4.28. The molecule has 1 aromatic heterocycles. The van der Waals surface area contributed by atoms with Crippen molar-refractivity contribution in [3.8, 4) is 11.5 Å². The Morgan fingerprint density at radius 3 is 2.53 bits per heavy atom. The van der Waals surface area contributed by atoms with E-state index in [0.29, 0.717) is 12.4 Å². The average molecular weight is 202 g/mol. The fourth-order valence-corrected chi connectivity index (χ4v) is 1.39. The predicted molar refractivity (Wildman–Crippen MR) is 59.2 cm³/mol. The summed E-state index contributed by atoms with van der Waals surface area (Å²) in [6.45, 7) is 2.62. The summed E-state index contributed by atoms with van der Waals surface area (Å²) in [5.74, 6) is 0.676. The summed E-state index contributed by atoms with van der Waals surface area (Å²) in [7, 11) is 0. The Morgan fingerprint density at radius 1 is 1.27 bits per heavy atom. The van der Waals surface area contributed by atoms with Gasteiger partial charge in [0.2, 0.25) is 5.89 Å². The minimum Gasteiger partial charge on any atom is -0.444 e. The normalized spacial score (nSPS) is 10.5. The van der Waals surface area contributed by atoms with E-state index in [1.54, 1.807) is 6.26 Å². The molecule has 3 nitrogen and oxygen atoms in total. The van der Waals surface area contributed by atoms with E-state index in [4.69, 9.17) is 10.2 Å². The molecule has 0 saturated heterocycles. The van der Waals surface area contributed by atoms with Crippen LogP contribution < -0.4 is 5.73 Å². The SMILES string of the molecule is CCc1coc(-c2ccc(CN)cc2)n1. The first-order valence-corrected chi connectivity index (χ1v) is 5.07. The molecule has 3 heteroatoms. The van der Waals surface area contributed by atoms with Gasteiger partial charge in [-0.25, -0.2) is 4.98 Å². The van der Waals surface area contributed by atoms with Gasteiger partial charge in [-0.1, -0.05) is 19.1 Å². The third-order valence-corrected chi connectivity index (χ3v) is 2.35. The Hall–Kier alpha value is -1.61. The maximum absolute atomic E-state index is 5.53. The van der Waals surface area contributed by atoms with Gasteiger partial charge in [0.25, 0.3) is 0 Å². The summed E-state index contributed by atoms with van der Waals surface area (Å²) in [5, 5.41) is 0. The molecule has 0 spiro atoms. The highest BCUT2D eigenvalue weighted by atomic mass is 16.3. The first-order chi connectivity index (χ1) is 7.33. The summed E-state index contributed by atoms with van der Waals surface area (Å²) < 4.78 is 5.37. The molecular formula is C12H14N2O. The van der Waals surface area contributed by atoms with Crippen molar-refractivity contribution in [2.75, 3.05) is 0 Å². The number of oxazole rings is 1. The molecule has 0 unspecified atom stereocenters. The van der Waals surface area contributed by atoms with Crippen LogP contribution in [0.5, 0.6) is 0 Å². The second-order valence-corrected chi connectivity index (χ2v) is 3.40. The number of rotatable bonds is 3. The van der Waals surface area contributed by atoms with Crippen LogP contribution >= 0.6 is 0 Å². The standard InChI is InChI=1S/C12H14N2O/c1-2-11-8-15-12(14-11)10-5-3-9(7-13)4-6-10/h3-6,8H,2,7,13H2,1H3. The zero-order valence-corrected chi connectivity index (χ0v) is 8.73. The highest BCUT2D eigenvalue weighted by Gasteiger charge is 2.04. The number of hydrogen-bond acceptors (Lipinski definition) is 3. The van der Waals surface area contributed by atoms with Gasteiger partial charge in [0.15, 0.2) is 0 Å². The van der Waals surface area contributed by atoms with E-state index < -0.39 is 0 Å². The van der Waals surface area contributed by atoms with Crippen molar-refractivity contribution in [2.24, 2.45) is 5.73 Å². The number of aryl methyl sites for hydroxylation is 1. The molecule has 2 N–H and O–H groups in total. The number of benzene rings is 1. The molecule has 0 aliphatic carbocycles. The van der Waals surface area contributed by atoms with Crippen molar-refractivity contribution < 1.29 is 4.42 Å². The summed E-state index contributed by atoms with van der Waals surface area (Å²) in [6.07, 6.45) is 2.59. The van der Waals surface area contributed by atoms with E-state index in [2.05, 4.69) is 11.9 Å². The van der Waals surface area contributed by atoms with E-state index in [9.17, 15) is 0 Å². The Bertz CT molecular complexity index is 431. The van der Waals surface area contributed by atoms with Crippen molar-refractivity contribution in [1.29, 1.82) is 0 Å². The van der Waals surface area contributed by atoms with Crippen molar-refractivity contribution >= 4 is 0 Å². The van der Waals surface area contributed by atoms with Gasteiger partial charge in [0.1, 0.15) is 6.26 Å². The molecule has 78 valence electrons. The molecule has 0 aliphatic heterocycles. The molecule has 0 amide bonds. The van der Waals surface area contributed by atoms with Crippen LogP contribution in [0.15, 0.2) is 34.9 Å². The van der Waals surface area contributed by atoms with Gasteiger partial charge in [0, 0.05) is 12.1 Å².